The Labute approximate surface area is 166 Å². The molecule has 148 valence electrons. The molecular formula is C23H29N3O2. The second-order valence-corrected chi connectivity index (χ2v) is 7.56. The number of aryl methyl sites for hydroxylation is 2. The van der Waals surface area contributed by atoms with Gasteiger partial charge in [0.15, 0.2) is 0 Å². The zero-order valence-electron chi connectivity index (χ0n) is 16.5. The molecule has 5 nitrogen and oxygen atoms in total. The molecule has 0 radical (unpaired) electrons. The van der Waals surface area contributed by atoms with E-state index in [1.807, 2.05) is 48.2 Å². The number of anilines is 1. The molecule has 0 atom stereocenters. The van der Waals surface area contributed by atoms with Crippen molar-refractivity contribution < 1.29 is 9.59 Å². The lowest BCUT2D eigenvalue weighted by Crippen LogP contribution is -2.43. The Bertz CT molecular complexity index is 809. The highest BCUT2D eigenvalue weighted by molar-refractivity contribution is 5.80. The maximum atomic E-state index is 12.5. The summed E-state index contributed by atoms with van der Waals surface area (Å²) in [6.45, 7) is 3.89. The summed E-state index contributed by atoms with van der Waals surface area (Å²) in [7, 11) is 0. The van der Waals surface area contributed by atoms with Gasteiger partial charge in [-0.2, -0.15) is 0 Å². The van der Waals surface area contributed by atoms with Crippen LogP contribution in [0.3, 0.4) is 0 Å². The van der Waals surface area contributed by atoms with E-state index < -0.39 is 0 Å². The molecule has 5 heteroatoms. The maximum Gasteiger partial charge on any atom is 0.223 e. The van der Waals surface area contributed by atoms with Crippen LogP contribution in [0.25, 0.3) is 0 Å². The number of likely N-dealkylation sites (tertiary alicyclic amines) is 1. The average molecular weight is 380 g/mol. The van der Waals surface area contributed by atoms with Gasteiger partial charge in [0.1, 0.15) is 0 Å². The number of hydrogen-bond donors (Lipinski definition) is 2. The van der Waals surface area contributed by atoms with Crippen LogP contribution in [0.15, 0.2) is 48.5 Å². The van der Waals surface area contributed by atoms with Crippen LogP contribution < -0.4 is 11.1 Å². The number of nitrogens with zero attached hydrogens (tertiary/aromatic N) is 1. The minimum Gasteiger partial charge on any atom is -0.399 e. The number of carbonyl (C=O) groups excluding carboxylic acids is 2. The van der Waals surface area contributed by atoms with Crippen molar-refractivity contribution in [3.8, 4) is 0 Å². The Hall–Kier alpha value is -2.82. The standard InChI is InChI=1S/C23H29N3O2/c1-17-6-8-18(9-7-17)16-25-23(28)20-12-14-26(15-13-20)22(27)11-10-19-4-2-3-5-21(19)24/h2-9,20H,10-16,24H2,1H3,(H,25,28). The van der Waals surface area contributed by atoms with E-state index >= 15 is 0 Å². The van der Waals surface area contributed by atoms with Crippen LogP contribution in [0.2, 0.25) is 0 Å². The number of nitrogens with one attached hydrogen (secondary N) is 1. The van der Waals surface area contributed by atoms with Crippen molar-refractivity contribution >= 4 is 17.5 Å². The number of benzene rings is 2. The number of para-hydroxylation sites is 1. The van der Waals surface area contributed by atoms with E-state index in [9.17, 15) is 9.59 Å². The lowest BCUT2D eigenvalue weighted by atomic mass is 9.95. The highest BCUT2D eigenvalue weighted by atomic mass is 16.2. The van der Waals surface area contributed by atoms with E-state index in [-0.39, 0.29) is 17.7 Å². The van der Waals surface area contributed by atoms with Gasteiger partial charge in [-0.3, -0.25) is 9.59 Å². The molecule has 0 spiro atoms. The molecule has 2 aromatic rings. The predicted octanol–water partition coefficient (Wildman–Crippen LogP) is 3.06. The third-order valence-electron chi connectivity index (χ3n) is 5.47. The SMILES string of the molecule is Cc1ccc(CNC(=O)C2CCN(C(=O)CCc3ccccc3N)CC2)cc1. The Morgan fingerprint density at radius 1 is 1.07 bits per heavy atom. The Balaban J connectivity index is 1.40. The quantitative estimate of drug-likeness (QED) is 0.758. The molecular weight excluding hydrogens is 350 g/mol. The fourth-order valence-electron chi connectivity index (χ4n) is 3.59. The number of rotatable bonds is 6. The number of hydrogen-bond acceptors (Lipinski definition) is 3. The molecule has 0 saturated carbocycles. The lowest BCUT2D eigenvalue weighted by molar-refractivity contribution is -0.135. The van der Waals surface area contributed by atoms with Crippen molar-refractivity contribution in [2.75, 3.05) is 18.8 Å². The molecule has 28 heavy (non-hydrogen) atoms. The van der Waals surface area contributed by atoms with E-state index in [1.54, 1.807) is 0 Å². The fraction of sp³-hybridized carbons (Fsp3) is 0.391. The van der Waals surface area contributed by atoms with E-state index in [1.165, 1.54) is 5.56 Å². The summed E-state index contributed by atoms with van der Waals surface area (Å²) < 4.78 is 0. The van der Waals surface area contributed by atoms with Crippen LogP contribution in [0.4, 0.5) is 5.69 Å². The van der Waals surface area contributed by atoms with Gasteiger partial charge >= 0.3 is 0 Å². The van der Waals surface area contributed by atoms with Gasteiger partial charge in [0.2, 0.25) is 11.8 Å². The van der Waals surface area contributed by atoms with Crippen molar-refractivity contribution in [2.45, 2.75) is 39.2 Å². The average Bonchev–Trinajstić information content (AvgIpc) is 2.72. The predicted molar refractivity (Wildman–Crippen MR) is 112 cm³/mol. The van der Waals surface area contributed by atoms with Crippen molar-refractivity contribution in [1.29, 1.82) is 0 Å². The first-order valence-electron chi connectivity index (χ1n) is 9.97. The monoisotopic (exact) mass is 379 g/mol. The molecule has 1 aliphatic rings. The van der Waals surface area contributed by atoms with Gasteiger partial charge in [0.25, 0.3) is 0 Å². The Kier molecular flexibility index (Phi) is 6.69. The molecule has 3 rings (SSSR count). The summed E-state index contributed by atoms with van der Waals surface area (Å²) in [4.78, 5) is 26.8. The highest BCUT2D eigenvalue weighted by Gasteiger charge is 2.27. The van der Waals surface area contributed by atoms with E-state index in [4.69, 9.17) is 5.73 Å². The fourth-order valence-corrected chi connectivity index (χ4v) is 3.59. The molecule has 0 aliphatic carbocycles. The zero-order valence-corrected chi connectivity index (χ0v) is 16.5. The molecule has 2 aromatic carbocycles. The summed E-state index contributed by atoms with van der Waals surface area (Å²) in [5, 5.41) is 3.03. The van der Waals surface area contributed by atoms with Gasteiger partial charge in [-0.25, -0.2) is 0 Å². The van der Waals surface area contributed by atoms with Gasteiger partial charge in [-0.05, 0) is 43.4 Å². The van der Waals surface area contributed by atoms with Crippen LogP contribution >= 0.6 is 0 Å². The first kappa shape index (κ1) is 19.9. The molecule has 1 fully saturated rings. The molecule has 0 aromatic heterocycles. The Morgan fingerprint density at radius 3 is 2.43 bits per heavy atom. The summed E-state index contributed by atoms with van der Waals surface area (Å²) in [6.07, 6.45) is 2.55. The van der Waals surface area contributed by atoms with Crippen LogP contribution in [-0.2, 0) is 22.6 Å². The number of nitrogens with two attached hydrogens (primary N) is 1. The first-order chi connectivity index (χ1) is 13.5. The van der Waals surface area contributed by atoms with Crippen molar-refractivity contribution in [3.63, 3.8) is 0 Å². The smallest absolute Gasteiger partial charge is 0.223 e. The van der Waals surface area contributed by atoms with Gasteiger partial charge in [0, 0.05) is 37.7 Å². The molecule has 0 bridgehead atoms. The highest BCUT2D eigenvalue weighted by Crippen LogP contribution is 2.20. The number of amides is 2. The normalized spacial score (nSPS) is 14.7. The summed E-state index contributed by atoms with van der Waals surface area (Å²) in [6, 6.07) is 15.8. The second kappa shape index (κ2) is 9.40. The molecule has 3 N–H and O–H groups in total. The molecule has 2 amide bonds. The minimum atomic E-state index is -0.0146. The summed E-state index contributed by atoms with van der Waals surface area (Å²) in [5.41, 5.74) is 10.0. The van der Waals surface area contributed by atoms with Gasteiger partial charge in [-0.1, -0.05) is 48.0 Å². The van der Waals surface area contributed by atoms with Crippen molar-refractivity contribution in [2.24, 2.45) is 5.92 Å². The van der Waals surface area contributed by atoms with Crippen LogP contribution in [0.1, 0.15) is 36.0 Å². The summed E-state index contributed by atoms with van der Waals surface area (Å²) >= 11 is 0. The topological polar surface area (TPSA) is 75.4 Å². The van der Waals surface area contributed by atoms with Crippen molar-refractivity contribution in [1.82, 2.24) is 10.2 Å². The molecule has 1 heterocycles. The van der Waals surface area contributed by atoms with E-state index in [0.29, 0.717) is 32.5 Å². The number of nitrogen functional groups attached to an aromatic ring is 1. The largest absolute Gasteiger partial charge is 0.399 e. The van der Waals surface area contributed by atoms with Crippen LogP contribution in [0.5, 0.6) is 0 Å². The van der Waals surface area contributed by atoms with Crippen molar-refractivity contribution in [3.05, 3.63) is 65.2 Å². The Morgan fingerprint density at radius 2 is 1.75 bits per heavy atom. The molecule has 1 aliphatic heterocycles. The second-order valence-electron chi connectivity index (χ2n) is 7.56. The van der Waals surface area contributed by atoms with Gasteiger partial charge < -0.3 is 16.0 Å². The third-order valence-corrected chi connectivity index (χ3v) is 5.47. The number of carbonyl (C=O) groups is 2. The lowest BCUT2D eigenvalue weighted by Gasteiger charge is -2.31. The maximum absolute atomic E-state index is 12.5. The molecule has 0 unspecified atom stereocenters. The summed E-state index contributed by atoms with van der Waals surface area (Å²) in [5.74, 6) is 0.214. The molecule has 1 saturated heterocycles. The van der Waals surface area contributed by atoms with Gasteiger partial charge in [0.05, 0.1) is 0 Å². The first-order valence-corrected chi connectivity index (χ1v) is 9.97. The van der Waals surface area contributed by atoms with Crippen LogP contribution in [-0.4, -0.2) is 29.8 Å². The van der Waals surface area contributed by atoms with Gasteiger partial charge in [-0.15, -0.1) is 0 Å². The zero-order chi connectivity index (χ0) is 19.9. The number of piperidine rings is 1. The van der Waals surface area contributed by atoms with E-state index in [2.05, 4.69) is 17.4 Å². The van der Waals surface area contributed by atoms with E-state index in [0.717, 1.165) is 29.7 Å². The minimum absolute atomic E-state index is 0.0146. The third kappa shape index (κ3) is 5.35. The van der Waals surface area contributed by atoms with Crippen LogP contribution in [0, 0.1) is 12.8 Å².